The van der Waals surface area contributed by atoms with Gasteiger partial charge in [0, 0.05) is 20.2 Å². The van der Waals surface area contributed by atoms with Crippen molar-refractivity contribution >= 4 is 5.91 Å². The Kier molecular flexibility index (Phi) is 7.42. The molecule has 4 nitrogen and oxygen atoms in total. The van der Waals surface area contributed by atoms with Gasteiger partial charge in [0.15, 0.2) is 0 Å². The van der Waals surface area contributed by atoms with Crippen molar-refractivity contribution in [1.82, 2.24) is 5.32 Å². The van der Waals surface area contributed by atoms with E-state index in [2.05, 4.69) is 19.2 Å². The van der Waals surface area contributed by atoms with Crippen LogP contribution in [0.5, 0.6) is 0 Å². The second-order valence-corrected chi connectivity index (χ2v) is 3.39. The summed E-state index contributed by atoms with van der Waals surface area (Å²) in [4.78, 5) is 11.4. The molecule has 0 aromatic carbocycles. The molecule has 1 amide bonds. The van der Waals surface area contributed by atoms with Gasteiger partial charge in [-0.2, -0.15) is 0 Å². The van der Waals surface area contributed by atoms with Gasteiger partial charge in [-0.3, -0.25) is 4.79 Å². The number of amides is 1. The number of hydrogen-bond acceptors (Lipinski definition) is 3. The Hall–Kier alpha value is -0.610. The van der Waals surface area contributed by atoms with Gasteiger partial charge < -0.3 is 15.8 Å². The zero-order valence-electron chi connectivity index (χ0n) is 9.38. The topological polar surface area (TPSA) is 64.4 Å². The largest absolute Gasteiger partial charge is 0.370 e. The highest BCUT2D eigenvalue weighted by Gasteiger charge is 2.15. The average molecular weight is 202 g/mol. The Morgan fingerprint density at radius 3 is 2.36 bits per heavy atom. The second-order valence-electron chi connectivity index (χ2n) is 3.39. The van der Waals surface area contributed by atoms with Crippen LogP contribution in [0.3, 0.4) is 0 Å². The van der Waals surface area contributed by atoms with Gasteiger partial charge in [-0.15, -0.1) is 0 Å². The van der Waals surface area contributed by atoms with Crippen LogP contribution in [0, 0.1) is 5.92 Å². The zero-order chi connectivity index (χ0) is 11.0. The number of carbonyl (C=O) groups is 1. The van der Waals surface area contributed by atoms with Gasteiger partial charge in [-0.1, -0.05) is 26.7 Å². The van der Waals surface area contributed by atoms with Crippen LogP contribution in [0.4, 0.5) is 0 Å². The molecule has 0 radical (unpaired) electrons. The molecule has 3 N–H and O–H groups in total. The molecule has 0 aromatic heterocycles. The third-order valence-corrected chi connectivity index (χ3v) is 2.51. The molecule has 84 valence electrons. The van der Waals surface area contributed by atoms with Crippen molar-refractivity contribution in [2.45, 2.75) is 32.8 Å². The maximum Gasteiger partial charge on any atom is 0.250 e. The molecule has 0 aliphatic rings. The molecule has 4 heteroatoms. The fourth-order valence-electron chi connectivity index (χ4n) is 1.25. The highest BCUT2D eigenvalue weighted by Crippen LogP contribution is 2.05. The normalized spacial score (nSPS) is 12.9. The maximum absolute atomic E-state index is 11.4. The van der Waals surface area contributed by atoms with Crippen LogP contribution in [0.25, 0.3) is 0 Å². The monoisotopic (exact) mass is 202 g/mol. The van der Waals surface area contributed by atoms with Gasteiger partial charge in [-0.25, -0.2) is 0 Å². The van der Waals surface area contributed by atoms with Crippen molar-refractivity contribution in [2.75, 3.05) is 20.2 Å². The van der Waals surface area contributed by atoms with Crippen molar-refractivity contribution in [3.63, 3.8) is 0 Å². The quantitative estimate of drug-likeness (QED) is 0.632. The lowest BCUT2D eigenvalue weighted by atomic mass is 10.0. The highest BCUT2D eigenvalue weighted by molar-refractivity contribution is 5.80. The van der Waals surface area contributed by atoms with Gasteiger partial charge in [0.25, 0.3) is 0 Å². The van der Waals surface area contributed by atoms with Crippen LogP contribution in [-0.2, 0) is 9.53 Å². The van der Waals surface area contributed by atoms with E-state index in [-0.39, 0.29) is 12.5 Å². The molecule has 0 rings (SSSR count). The van der Waals surface area contributed by atoms with E-state index in [1.807, 2.05) is 0 Å². The third kappa shape index (κ3) is 4.58. The average Bonchev–Trinajstić information content (AvgIpc) is 2.21. The van der Waals surface area contributed by atoms with E-state index in [1.54, 1.807) is 0 Å². The van der Waals surface area contributed by atoms with E-state index < -0.39 is 6.10 Å². The summed E-state index contributed by atoms with van der Waals surface area (Å²) in [6.45, 7) is 5.19. The number of hydrogen-bond donors (Lipinski definition) is 2. The van der Waals surface area contributed by atoms with Gasteiger partial charge in [-0.05, 0) is 5.92 Å². The van der Waals surface area contributed by atoms with Gasteiger partial charge >= 0.3 is 0 Å². The van der Waals surface area contributed by atoms with E-state index >= 15 is 0 Å². The highest BCUT2D eigenvalue weighted by atomic mass is 16.5. The molecular formula is C10H22N2O2. The van der Waals surface area contributed by atoms with E-state index in [0.29, 0.717) is 12.5 Å². The third-order valence-electron chi connectivity index (χ3n) is 2.51. The fraction of sp³-hybridized carbons (Fsp3) is 0.900. The molecule has 14 heavy (non-hydrogen) atoms. The molecule has 0 saturated heterocycles. The van der Waals surface area contributed by atoms with Crippen molar-refractivity contribution in [3.05, 3.63) is 0 Å². The number of carbonyl (C=O) groups excluding carboxylic acids is 1. The minimum atomic E-state index is -0.510. The standard InChI is InChI=1S/C10H22N2O2/c1-4-8(5-2)7-12-10(13)9(6-11)14-3/h8-9H,4-7,11H2,1-3H3,(H,12,13). The van der Waals surface area contributed by atoms with Crippen LogP contribution in [0.15, 0.2) is 0 Å². The van der Waals surface area contributed by atoms with Crippen molar-refractivity contribution < 1.29 is 9.53 Å². The molecular weight excluding hydrogens is 180 g/mol. The molecule has 0 aliphatic carbocycles. The Labute approximate surface area is 86.2 Å². The van der Waals surface area contributed by atoms with Crippen LogP contribution in [0.1, 0.15) is 26.7 Å². The predicted molar refractivity (Wildman–Crippen MR) is 56.9 cm³/mol. The number of nitrogens with one attached hydrogen (secondary N) is 1. The van der Waals surface area contributed by atoms with Crippen molar-refractivity contribution in [2.24, 2.45) is 11.7 Å². The number of rotatable bonds is 7. The SMILES string of the molecule is CCC(CC)CNC(=O)C(CN)OC. The molecule has 1 unspecified atom stereocenters. The minimum Gasteiger partial charge on any atom is -0.370 e. The predicted octanol–water partition coefficient (Wildman–Crippen LogP) is 0.513. The van der Waals surface area contributed by atoms with Crippen molar-refractivity contribution in [3.8, 4) is 0 Å². The van der Waals surface area contributed by atoms with Crippen molar-refractivity contribution in [1.29, 1.82) is 0 Å². The lowest BCUT2D eigenvalue weighted by Crippen LogP contribution is -2.42. The summed E-state index contributed by atoms with van der Waals surface area (Å²) in [7, 11) is 1.49. The van der Waals surface area contributed by atoms with Gasteiger partial charge in [0.05, 0.1) is 0 Å². The van der Waals surface area contributed by atoms with E-state index in [9.17, 15) is 4.79 Å². The van der Waals surface area contributed by atoms with Gasteiger partial charge in [0.2, 0.25) is 5.91 Å². The lowest BCUT2D eigenvalue weighted by Gasteiger charge is -2.16. The smallest absolute Gasteiger partial charge is 0.250 e. The molecule has 0 aliphatic heterocycles. The molecule has 0 saturated carbocycles. The second kappa shape index (κ2) is 7.76. The van der Waals surface area contributed by atoms with E-state index in [4.69, 9.17) is 10.5 Å². The molecule has 1 atom stereocenters. The van der Waals surface area contributed by atoms with Crippen LogP contribution < -0.4 is 11.1 Å². The summed E-state index contributed by atoms with van der Waals surface area (Å²) in [5, 5.41) is 2.84. The molecule has 0 bridgehead atoms. The first-order valence-electron chi connectivity index (χ1n) is 5.20. The molecule has 0 spiro atoms. The summed E-state index contributed by atoms with van der Waals surface area (Å²) >= 11 is 0. The van der Waals surface area contributed by atoms with Crippen LogP contribution in [0.2, 0.25) is 0 Å². The number of nitrogens with two attached hydrogens (primary N) is 1. The lowest BCUT2D eigenvalue weighted by molar-refractivity contribution is -0.130. The van der Waals surface area contributed by atoms with E-state index in [0.717, 1.165) is 12.8 Å². The Bertz CT molecular complexity index is 154. The first kappa shape index (κ1) is 13.4. The summed E-state index contributed by atoms with van der Waals surface area (Å²) in [5.41, 5.74) is 5.37. The van der Waals surface area contributed by atoms with Crippen LogP contribution >= 0.6 is 0 Å². The first-order valence-corrected chi connectivity index (χ1v) is 5.20. The maximum atomic E-state index is 11.4. The summed E-state index contributed by atoms with van der Waals surface area (Å²) < 4.78 is 4.92. The Balaban J connectivity index is 3.81. The van der Waals surface area contributed by atoms with Gasteiger partial charge in [0.1, 0.15) is 6.10 Å². The van der Waals surface area contributed by atoms with Crippen LogP contribution in [-0.4, -0.2) is 32.2 Å². The Morgan fingerprint density at radius 2 is 2.00 bits per heavy atom. The Morgan fingerprint density at radius 1 is 1.43 bits per heavy atom. The summed E-state index contributed by atoms with van der Waals surface area (Å²) in [6, 6.07) is 0. The summed E-state index contributed by atoms with van der Waals surface area (Å²) in [6.07, 6.45) is 1.65. The molecule has 0 fully saturated rings. The number of ether oxygens (including phenoxy) is 1. The molecule has 0 heterocycles. The summed E-state index contributed by atoms with van der Waals surface area (Å²) in [5.74, 6) is 0.441. The minimum absolute atomic E-state index is 0.109. The zero-order valence-corrected chi connectivity index (χ0v) is 9.38. The number of methoxy groups -OCH3 is 1. The molecule has 0 aromatic rings. The first-order chi connectivity index (χ1) is 6.69. The fourth-order valence-corrected chi connectivity index (χ4v) is 1.25. The van der Waals surface area contributed by atoms with E-state index in [1.165, 1.54) is 7.11 Å².